The average molecular weight is 375 g/mol. The maximum Gasteiger partial charge on any atom is 0.317 e. The minimum atomic E-state index is -0.807. The minimum absolute atomic E-state index is 0.0201. The number of nitrogens with one attached hydrogen (secondary N) is 1. The highest BCUT2D eigenvalue weighted by molar-refractivity contribution is 7.99. The third-order valence-electron chi connectivity index (χ3n) is 3.95. The minimum Gasteiger partial charge on any atom is -0.452 e. The summed E-state index contributed by atoms with van der Waals surface area (Å²) in [6, 6.07) is 6.23. The van der Waals surface area contributed by atoms with E-state index in [1.54, 1.807) is 11.6 Å². The van der Waals surface area contributed by atoms with E-state index in [9.17, 15) is 9.59 Å². The Hall–Kier alpha value is -2.42. The van der Waals surface area contributed by atoms with E-state index in [4.69, 9.17) is 4.74 Å². The van der Waals surface area contributed by atoms with E-state index in [-0.39, 0.29) is 17.7 Å². The molecule has 1 N–H and O–H groups in total. The van der Waals surface area contributed by atoms with E-state index in [1.807, 2.05) is 32.0 Å². The number of tetrazole rings is 1. The summed E-state index contributed by atoms with van der Waals surface area (Å²) in [4.78, 5) is 23.9. The molecule has 1 aromatic carbocycles. The lowest BCUT2D eigenvalue weighted by Crippen LogP contribution is -2.37. The summed E-state index contributed by atoms with van der Waals surface area (Å²) in [5.41, 5.74) is 2.98. The van der Waals surface area contributed by atoms with Gasteiger partial charge < -0.3 is 10.1 Å². The van der Waals surface area contributed by atoms with E-state index in [0.29, 0.717) is 5.16 Å². The number of hydrogen-bond acceptors (Lipinski definition) is 7. The van der Waals surface area contributed by atoms with Gasteiger partial charge in [0.05, 0.1) is 11.4 Å². The zero-order valence-electron chi connectivity index (χ0n) is 14.9. The molecular weight excluding hydrogens is 354 g/mol. The van der Waals surface area contributed by atoms with Gasteiger partial charge in [-0.15, -0.1) is 5.10 Å². The van der Waals surface area contributed by atoms with Crippen molar-refractivity contribution < 1.29 is 14.3 Å². The average Bonchev–Trinajstić information content (AvgIpc) is 3.29. The second-order valence-corrected chi connectivity index (χ2v) is 7.31. The van der Waals surface area contributed by atoms with E-state index in [1.165, 1.54) is 11.8 Å². The van der Waals surface area contributed by atoms with Crippen LogP contribution in [0.4, 0.5) is 0 Å². The lowest BCUT2D eigenvalue weighted by molar-refractivity contribution is -0.152. The molecule has 9 heteroatoms. The van der Waals surface area contributed by atoms with Gasteiger partial charge in [-0.3, -0.25) is 9.59 Å². The number of carbonyl (C=O) groups excluding carboxylic acids is 2. The predicted octanol–water partition coefficient (Wildman–Crippen LogP) is 1.58. The van der Waals surface area contributed by atoms with Crippen molar-refractivity contribution >= 4 is 23.6 Å². The number of thioether (sulfide) groups is 1. The lowest BCUT2D eigenvalue weighted by atomic mass is 10.1. The molecule has 2 aromatic rings. The molecule has 1 atom stereocenters. The van der Waals surface area contributed by atoms with Crippen molar-refractivity contribution in [2.24, 2.45) is 0 Å². The summed E-state index contributed by atoms with van der Waals surface area (Å²) >= 11 is 1.17. The van der Waals surface area contributed by atoms with Gasteiger partial charge >= 0.3 is 5.97 Å². The quantitative estimate of drug-likeness (QED) is 0.579. The first-order valence-corrected chi connectivity index (χ1v) is 9.41. The van der Waals surface area contributed by atoms with Crippen LogP contribution in [0.25, 0.3) is 5.69 Å². The summed E-state index contributed by atoms with van der Waals surface area (Å²) in [6.07, 6.45) is 1.17. The molecule has 1 aliphatic carbocycles. The van der Waals surface area contributed by atoms with Gasteiger partial charge in [0.2, 0.25) is 5.16 Å². The Morgan fingerprint density at radius 2 is 2.15 bits per heavy atom. The number of rotatable bonds is 7. The molecule has 0 saturated heterocycles. The van der Waals surface area contributed by atoms with Crippen molar-refractivity contribution in [1.82, 2.24) is 25.5 Å². The number of ether oxygens (including phenoxy) is 1. The normalized spacial score (nSPS) is 14.7. The van der Waals surface area contributed by atoms with Crippen LogP contribution in [-0.2, 0) is 14.3 Å². The zero-order valence-corrected chi connectivity index (χ0v) is 15.7. The van der Waals surface area contributed by atoms with Crippen LogP contribution < -0.4 is 5.32 Å². The standard InChI is InChI=1S/C17H21N5O3S/c1-10-4-5-11(2)14(8-10)22-17(19-20-21-22)26-9-15(23)25-12(3)16(24)18-13-6-7-13/h4-5,8,12-13H,6-7,9H2,1-3H3,(H,18,24)/t12-/m1/s1. The first kappa shape index (κ1) is 18.4. The fourth-order valence-electron chi connectivity index (χ4n) is 2.32. The van der Waals surface area contributed by atoms with Crippen molar-refractivity contribution in [2.45, 2.75) is 50.9 Å². The number of carbonyl (C=O) groups is 2. The predicted molar refractivity (Wildman–Crippen MR) is 96.1 cm³/mol. The SMILES string of the molecule is Cc1ccc(C)c(-n2nnnc2SCC(=O)O[C@H](C)C(=O)NC2CC2)c1. The molecule has 0 aliphatic heterocycles. The molecule has 26 heavy (non-hydrogen) atoms. The van der Waals surface area contributed by atoms with Crippen LogP contribution >= 0.6 is 11.8 Å². The van der Waals surface area contributed by atoms with E-state index < -0.39 is 12.1 Å². The first-order valence-electron chi connectivity index (χ1n) is 8.42. The summed E-state index contributed by atoms with van der Waals surface area (Å²) in [5, 5.41) is 15.0. The molecule has 1 aromatic heterocycles. The second kappa shape index (κ2) is 7.86. The van der Waals surface area contributed by atoms with Gasteiger partial charge in [-0.1, -0.05) is 23.9 Å². The molecule has 1 fully saturated rings. The molecule has 3 rings (SSSR count). The Balaban J connectivity index is 1.58. The van der Waals surface area contributed by atoms with Crippen LogP contribution in [-0.4, -0.2) is 50.0 Å². The third-order valence-corrected chi connectivity index (χ3v) is 4.85. The molecule has 0 spiro atoms. The molecule has 0 radical (unpaired) electrons. The summed E-state index contributed by atoms with van der Waals surface area (Å²) < 4.78 is 6.78. The van der Waals surface area contributed by atoms with Crippen LogP contribution in [0.2, 0.25) is 0 Å². The van der Waals surface area contributed by atoms with Gasteiger partial charge in [-0.2, -0.15) is 4.68 Å². The highest BCUT2D eigenvalue weighted by atomic mass is 32.2. The van der Waals surface area contributed by atoms with Crippen molar-refractivity contribution in [2.75, 3.05) is 5.75 Å². The smallest absolute Gasteiger partial charge is 0.317 e. The molecule has 1 saturated carbocycles. The van der Waals surface area contributed by atoms with Crippen LogP contribution in [0.5, 0.6) is 0 Å². The van der Waals surface area contributed by atoms with Crippen molar-refractivity contribution in [1.29, 1.82) is 0 Å². The Kier molecular flexibility index (Phi) is 5.55. The van der Waals surface area contributed by atoms with Gasteiger partial charge in [0.15, 0.2) is 6.10 Å². The Labute approximate surface area is 155 Å². The van der Waals surface area contributed by atoms with Crippen molar-refractivity contribution in [3.63, 3.8) is 0 Å². The molecule has 138 valence electrons. The highest BCUT2D eigenvalue weighted by Gasteiger charge is 2.27. The fourth-order valence-corrected chi connectivity index (χ4v) is 2.99. The van der Waals surface area contributed by atoms with Crippen LogP contribution in [0.1, 0.15) is 30.9 Å². The van der Waals surface area contributed by atoms with E-state index >= 15 is 0 Å². The fraction of sp³-hybridized carbons (Fsp3) is 0.471. The molecule has 1 aliphatic rings. The largest absolute Gasteiger partial charge is 0.452 e. The number of aryl methyl sites for hydroxylation is 2. The molecule has 1 amide bonds. The Bertz CT molecular complexity index is 818. The number of benzene rings is 1. The number of hydrogen-bond donors (Lipinski definition) is 1. The van der Waals surface area contributed by atoms with E-state index in [0.717, 1.165) is 29.7 Å². The summed E-state index contributed by atoms with van der Waals surface area (Å²) in [7, 11) is 0. The molecule has 0 bridgehead atoms. The monoisotopic (exact) mass is 375 g/mol. The number of nitrogens with zero attached hydrogens (tertiary/aromatic N) is 4. The van der Waals surface area contributed by atoms with Gasteiger partial charge in [0.1, 0.15) is 0 Å². The second-order valence-electron chi connectivity index (χ2n) is 6.37. The number of aromatic nitrogens is 4. The summed E-state index contributed by atoms with van der Waals surface area (Å²) in [5.74, 6) is -0.721. The van der Waals surface area contributed by atoms with Crippen LogP contribution in [0.15, 0.2) is 23.4 Å². The molecule has 0 unspecified atom stereocenters. The first-order chi connectivity index (χ1) is 12.4. The molecule has 1 heterocycles. The van der Waals surface area contributed by atoms with Gasteiger partial charge in [0, 0.05) is 6.04 Å². The van der Waals surface area contributed by atoms with Crippen LogP contribution in [0.3, 0.4) is 0 Å². The van der Waals surface area contributed by atoms with E-state index in [2.05, 4.69) is 20.8 Å². The molecular formula is C17H21N5O3S. The maximum absolute atomic E-state index is 12.0. The lowest BCUT2D eigenvalue weighted by Gasteiger charge is -2.13. The Morgan fingerprint density at radius 3 is 2.88 bits per heavy atom. The Morgan fingerprint density at radius 1 is 1.38 bits per heavy atom. The number of amides is 1. The molecule has 8 nitrogen and oxygen atoms in total. The third kappa shape index (κ3) is 4.60. The topological polar surface area (TPSA) is 99.0 Å². The highest BCUT2D eigenvalue weighted by Crippen LogP contribution is 2.22. The van der Waals surface area contributed by atoms with Gasteiger partial charge in [-0.05, 0) is 61.2 Å². The zero-order chi connectivity index (χ0) is 18.7. The van der Waals surface area contributed by atoms with Crippen LogP contribution in [0, 0.1) is 13.8 Å². The van der Waals surface area contributed by atoms with Crippen molar-refractivity contribution in [3.8, 4) is 5.69 Å². The maximum atomic E-state index is 12.0. The van der Waals surface area contributed by atoms with Gasteiger partial charge in [0.25, 0.3) is 5.91 Å². The number of esters is 1. The summed E-state index contributed by atoms with van der Waals surface area (Å²) in [6.45, 7) is 5.53. The van der Waals surface area contributed by atoms with Gasteiger partial charge in [-0.25, -0.2) is 0 Å². The van der Waals surface area contributed by atoms with Crippen molar-refractivity contribution in [3.05, 3.63) is 29.3 Å².